The summed E-state index contributed by atoms with van der Waals surface area (Å²) in [6.07, 6.45) is 0. The first kappa shape index (κ1) is 10.3. The summed E-state index contributed by atoms with van der Waals surface area (Å²) >= 11 is 7.46. The lowest BCUT2D eigenvalue weighted by Gasteiger charge is -2.07. The Kier molecular flexibility index (Phi) is 3.09. The van der Waals surface area contributed by atoms with E-state index in [2.05, 4.69) is 11.9 Å². The molecular formula is C12H10ClNS. The van der Waals surface area contributed by atoms with Crippen molar-refractivity contribution in [2.75, 3.05) is 5.32 Å². The van der Waals surface area contributed by atoms with Gasteiger partial charge in [0.2, 0.25) is 0 Å². The number of hydrogen-bond acceptors (Lipinski definition) is 2. The smallest absolute Gasteiger partial charge is 0.0499 e. The second-order valence-corrected chi connectivity index (χ2v) is 4.47. The zero-order chi connectivity index (χ0) is 10.7. The minimum atomic E-state index is 0.738. The summed E-state index contributed by atoms with van der Waals surface area (Å²) in [7, 11) is 0. The molecule has 0 bridgehead atoms. The normalized spacial score (nSPS) is 9.93. The largest absolute Gasteiger partial charge is 0.355 e. The number of halogens is 1. The quantitative estimate of drug-likeness (QED) is 0.827. The van der Waals surface area contributed by atoms with Crippen molar-refractivity contribution in [3.05, 3.63) is 58.3 Å². The molecule has 0 radical (unpaired) electrons. The highest BCUT2D eigenvalue weighted by Gasteiger charge is 1.99. The van der Waals surface area contributed by atoms with E-state index in [4.69, 9.17) is 11.6 Å². The van der Waals surface area contributed by atoms with Gasteiger partial charge in [-0.3, -0.25) is 0 Å². The molecule has 3 heteroatoms. The van der Waals surface area contributed by atoms with Crippen molar-refractivity contribution in [1.29, 1.82) is 0 Å². The molecule has 0 aliphatic rings. The maximum Gasteiger partial charge on any atom is 0.0499 e. The molecule has 0 aliphatic heterocycles. The average Bonchev–Trinajstić information content (AvgIpc) is 2.74. The molecular weight excluding hydrogens is 226 g/mol. The summed E-state index contributed by atoms with van der Waals surface area (Å²) in [5.41, 5.74) is 1.91. The highest BCUT2D eigenvalue weighted by atomic mass is 35.5. The van der Waals surface area contributed by atoms with Gasteiger partial charge in [0, 0.05) is 21.3 Å². The van der Waals surface area contributed by atoms with E-state index < -0.39 is 0 Å². The van der Waals surface area contributed by atoms with E-state index in [1.807, 2.05) is 41.8 Å². The van der Waals surface area contributed by atoms with Crippen molar-refractivity contribution in [2.45, 2.75) is 0 Å². The first-order valence-electron chi connectivity index (χ1n) is 4.51. The third-order valence-electron chi connectivity index (χ3n) is 1.96. The van der Waals surface area contributed by atoms with Crippen LogP contribution in [0.15, 0.2) is 48.4 Å². The molecule has 1 aromatic carbocycles. The van der Waals surface area contributed by atoms with E-state index in [1.54, 1.807) is 11.3 Å². The van der Waals surface area contributed by atoms with Gasteiger partial charge < -0.3 is 5.32 Å². The van der Waals surface area contributed by atoms with E-state index in [1.165, 1.54) is 0 Å². The summed E-state index contributed by atoms with van der Waals surface area (Å²) in [5, 5.41) is 6.00. The fourth-order valence-electron chi connectivity index (χ4n) is 1.22. The van der Waals surface area contributed by atoms with Crippen molar-refractivity contribution in [2.24, 2.45) is 0 Å². The Morgan fingerprint density at radius 1 is 1.20 bits per heavy atom. The zero-order valence-corrected chi connectivity index (χ0v) is 9.61. The molecule has 1 heterocycles. The van der Waals surface area contributed by atoms with Crippen LogP contribution in [-0.2, 0) is 0 Å². The Hall–Kier alpha value is -1.25. The van der Waals surface area contributed by atoms with Crippen LogP contribution in [0.5, 0.6) is 0 Å². The van der Waals surface area contributed by atoms with Gasteiger partial charge in [-0.15, -0.1) is 11.3 Å². The molecule has 1 aromatic heterocycles. The van der Waals surface area contributed by atoms with Gasteiger partial charge in [-0.25, -0.2) is 0 Å². The monoisotopic (exact) mass is 235 g/mol. The van der Waals surface area contributed by atoms with Gasteiger partial charge in [-0.1, -0.05) is 24.2 Å². The molecule has 15 heavy (non-hydrogen) atoms. The molecule has 2 rings (SSSR count). The summed E-state index contributed by atoms with van der Waals surface area (Å²) in [6, 6.07) is 11.6. The molecule has 0 atom stereocenters. The number of hydrogen-bond donors (Lipinski definition) is 1. The molecule has 0 spiro atoms. The number of benzene rings is 1. The van der Waals surface area contributed by atoms with Gasteiger partial charge in [0.1, 0.15) is 0 Å². The molecule has 76 valence electrons. The van der Waals surface area contributed by atoms with Crippen LogP contribution in [0.3, 0.4) is 0 Å². The first-order valence-corrected chi connectivity index (χ1v) is 5.77. The third-order valence-corrected chi connectivity index (χ3v) is 3.14. The summed E-state index contributed by atoms with van der Waals surface area (Å²) in [4.78, 5) is 1.14. The second kappa shape index (κ2) is 4.51. The fraction of sp³-hybridized carbons (Fsp3) is 0. The Bertz CT molecular complexity index is 445. The van der Waals surface area contributed by atoms with Crippen LogP contribution >= 0.6 is 22.9 Å². The molecule has 0 aliphatic carbocycles. The molecule has 0 fully saturated rings. The van der Waals surface area contributed by atoms with Crippen molar-refractivity contribution in [3.8, 4) is 0 Å². The second-order valence-electron chi connectivity index (χ2n) is 3.09. The van der Waals surface area contributed by atoms with E-state index >= 15 is 0 Å². The predicted molar refractivity (Wildman–Crippen MR) is 68.4 cm³/mol. The zero-order valence-electron chi connectivity index (χ0n) is 8.03. The lowest BCUT2D eigenvalue weighted by molar-refractivity contribution is 1.60. The van der Waals surface area contributed by atoms with Gasteiger partial charge in [0.05, 0.1) is 0 Å². The van der Waals surface area contributed by atoms with Gasteiger partial charge >= 0.3 is 0 Å². The summed E-state index contributed by atoms with van der Waals surface area (Å²) in [5.74, 6) is 0. The number of thiophene rings is 1. The molecule has 0 saturated heterocycles. The van der Waals surface area contributed by atoms with Crippen LogP contribution in [-0.4, -0.2) is 0 Å². The molecule has 0 unspecified atom stereocenters. The SMILES string of the molecule is C=C(Nc1ccc(Cl)cc1)c1cccs1. The third kappa shape index (κ3) is 2.61. The Balaban J connectivity index is 2.09. The van der Waals surface area contributed by atoms with E-state index in [-0.39, 0.29) is 0 Å². The maximum atomic E-state index is 5.80. The van der Waals surface area contributed by atoms with Crippen LogP contribution in [0.25, 0.3) is 5.70 Å². The van der Waals surface area contributed by atoms with E-state index in [0.717, 1.165) is 21.3 Å². The lowest BCUT2D eigenvalue weighted by atomic mass is 10.3. The van der Waals surface area contributed by atoms with Crippen LogP contribution in [0.1, 0.15) is 4.88 Å². The standard InChI is InChI=1S/C12H10ClNS/c1-9(12-3-2-8-15-12)14-11-6-4-10(13)5-7-11/h2-8,14H,1H2. The highest BCUT2D eigenvalue weighted by Crippen LogP contribution is 2.21. The van der Waals surface area contributed by atoms with Crippen LogP contribution < -0.4 is 5.32 Å². The molecule has 0 amide bonds. The van der Waals surface area contributed by atoms with Crippen molar-refractivity contribution in [3.63, 3.8) is 0 Å². The Labute approximate surface area is 98.0 Å². The van der Waals surface area contributed by atoms with Crippen LogP contribution in [0.2, 0.25) is 5.02 Å². The molecule has 1 N–H and O–H groups in total. The average molecular weight is 236 g/mol. The van der Waals surface area contributed by atoms with E-state index in [0.29, 0.717) is 0 Å². The molecule has 2 aromatic rings. The summed E-state index contributed by atoms with van der Waals surface area (Å²) in [6.45, 7) is 3.98. The number of rotatable bonds is 3. The van der Waals surface area contributed by atoms with Crippen molar-refractivity contribution < 1.29 is 0 Å². The van der Waals surface area contributed by atoms with Crippen molar-refractivity contribution >= 4 is 34.3 Å². The minimum absolute atomic E-state index is 0.738. The van der Waals surface area contributed by atoms with Gasteiger partial charge in [-0.2, -0.15) is 0 Å². The highest BCUT2D eigenvalue weighted by molar-refractivity contribution is 7.11. The number of anilines is 1. The minimum Gasteiger partial charge on any atom is -0.355 e. The van der Waals surface area contributed by atoms with E-state index in [9.17, 15) is 0 Å². The number of nitrogens with one attached hydrogen (secondary N) is 1. The van der Waals surface area contributed by atoms with Crippen LogP contribution in [0, 0.1) is 0 Å². The van der Waals surface area contributed by atoms with Crippen molar-refractivity contribution in [1.82, 2.24) is 0 Å². The maximum absolute atomic E-state index is 5.80. The molecule has 1 nitrogen and oxygen atoms in total. The molecule has 0 saturated carbocycles. The Morgan fingerprint density at radius 3 is 2.53 bits per heavy atom. The van der Waals surface area contributed by atoms with Gasteiger partial charge in [0.25, 0.3) is 0 Å². The van der Waals surface area contributed by atoms with Crippen LogP contribution in [0.4, 0.5) is 5.69 Å². The predicted octanol–water partition coefficient (Wildman–Crippen LogP) is 4.48. The first-order chi connectivity index (χ1) is 7.25. The van der Waals surface area contributed by atoms with Gasteiger partial charge in [0.15, 0.2) is 0 Å². The Morgan fingerprint density at radius 2 is 1.93 bits per heavy atom. The topological polar surface area (TPSA) is 12.0 Å². The fourth-order valence-corrected chi connectivity index (χ4v) is 2.00. The van der Waals surface area contributed by atoms with Gasteiger partial charge in [-0.05, 0) is 35.7 Å². The summed E-state index contributed by atoms with van der Waals surface area (Å²) < 4.78 is 0. The lowest BCUT2D eigenvalue weighted by Crippen LogP contribution is -1.94.